The molecule has 1 aromatic carbocycles. The fourth-order valence-corrected chi connectivity index (χ4v) is 3.12. The number of aliphatic hydroxyl groups is 1. The molecule has 1 aliphatic heterocycles. The van der Waals surface area contributed by atoms with Gasteiger partial charge in [-0.05, 0) is 18.9 Å². The standard InChI is InChI=1S/C17H23N3O2/c1-13(2)17(12-21)8-9-20(11-17)10-15-18-16(19-22-15)14-6-4-3-5-7-14/h3-7,13,21H,8-12H2,1-2H3. The van der Waals surface area contributed by atoms with E-state index in [4.69, 9.17) is 4.52 Å². The summed E-state index contributed by atoms with van der Waals surface area (Å²) in [6.07, 6.45) is 1.01. The second-order valence-corrected chi connectivity index (χ2v) is 6.51. The van der Waals surface area contributed by atoms with Gasteiger partial charge in [0.1, 0.15) is 0 Å². The average Bonchev–Trinajstić information content (AvgIpc) is 3.16. The molecule has 1 atom stereocenters. The van der Waals surface area contributed by atoms with Gasteiger partial charge in [-0.1, -0.05) is 49.3 Å². The maximum atomic E-state index is 9.75. The Labute approximate surface area is 131 Å². The third-order valence-corrected chi connectivity index (χ3v) is 4.86. The van der Waals surface area contributed by atoms with Gasteiger partial charge in [-0.25, -0.2) is 0 Å². The number of hydrogen-bond donors (Lipinski definition) is 1. The van der Waals surface area contributed by atoms with Crippen LogP contribution in [-0.2, 0) is 6.54 Å². The zero-order chi connectivity index (χ0) is 15.6. The molecule has 3 rings (SSSR count). The van der Waals surface area contributed by atoms with Gasteiger partial charge in [0, 0.05) is 17.5 Å². The predicted octanol–water partition coefficient (Wildman–Crippen LogP) is 2.58. The molecular weight excluding hydrogens is 278 g/mol. The van der Waals surface area contributed by atoms with Crippen molar-refractivity contribution >= 4 is 0 Å². The van der Waals surface area contributed by atoms with Crippen LogP contribution in [0.3, 0.4) is 0 Å². The number of nitrogens with zero attached hydrogens (tertiary/aromatic N) is 3. The molecule has 2 heterocycles. The van der Waals surface area contributed by atoms with Gasteiger partial charge in [0.25, 0.3) is 0 Å². The van der Waals surface area contributed by atoms with Crippen LogP contribution in [0, 0.1) is 11.3 Å². The van der Waals surface area contributed by atoms with Gasteiger partial charge < -0.3 is 9.63 Å². The summed E-state index contributed by atoms with van der Waals surface area (Å²) in [5.74, 6) is 1.73. The molecule has 1 aliphatic rings. The Morgan fingerprint density at radius 1 is 1.32 bits per heavy atom. The van der Waals surface area contributed by atoms with Crippen molar-refractivity contribution in [2.75, 3.05) is 19.7 Å². The zero-order valence-electron chi connectivity index (χ0n) is 13.2. The van der Waals surface area contributed by atoms with Crippen LogP contribution in [0.4, 0.5) is 0 Å². The smallest absolute Gasteiger partial charge is 0.241 e. The van der Waals surface area contributed by atoms with Crippen LogP contribution < -0.4 is 0 Å². The maximum Gasteiger partial charge on any atom is 0.241 e. The Morgan fingerprint density at radius 2 is 2.09 bits per heavy atom. The average molecular weight is 301 g/mol. The van der Waals surface area contributed by atoms with Crippen LogP contribution in [0.1, 0.15) is 26.2 Å². The van der Waals surface area contributed by atoms with E-state index in [9.17, 15) is 5.11 Å². The second-order valence-electron chi connectivity index (χ2n) is 6.51. The highest BCUT2D eigenvalue weighted by Gasteiger charge is 2.40. The van der Waals surface area contributed by atoms with Crippen LogP contribution in [0.5, 0.6) is 0 Å². The molecule has 118 valence electrons. The van der Waals surface area contributed by atoms with Gasteiger partial charge in [0.15, 0.2) is 0 Å². The molecule has 0 aliphatic carbocycles. The van der Waals surface area contributed by atoms with Crippen molar-refractivity contribution in [3.05, 3.63) is 36.2 Å². The van der Waals surface area contributed by atoms with Gasteiger partial charge >= 0.3 is 0 Å². The molecule has 1 aromatic heterocycles. The molecule has 0 bridgehead atoms. The van der Waals surface area contributed by atoms with E-state index in [0.717, 1.165) is 25.1 Å². The molecule has 1 fully saturated rings. The van der Waals surface area contributed by atoms with Gasteiger partial charge in [0.05, 0.1) is 13.2 Å². The Balaban J connectivity index is 1.67. The molecule has 0 saturated carbocycles. The molecule has 2 aromatic rings. The fourth-order valence-electron chi connectivity index (χ4n) is 3.12. The second kappa shape index (κ2) is 6.18. The number of hydrogen-bond acceptors (Lipinski definition) is 5. The minimum absolute atomic E-state index is 0.00226. The Bertz CT molecular complexity index is 611. The molecule has 0 radical (unpaired) electrons. The van der Waals surface area contributed by atoms with Crippen LogP contribution in [-0.4, -0.2) is 39.8 Å². The summed E-state index contributed by atoms with van der Waals surface area (Å²) in [5, 5.41) is 13.8. The van der Waals surface area contributed by atoms with Gasteiger partial charge in [-0.2, -0.15) is 4.98 Å². The number of aliphatic hydroxyl groups excluding tert-OH is 1. The summed E-state index contributed by atoms with van der Waals surface area (Å²) in [5.41, 5.74) is 0.966. The normalized spacial score (nSPS) is 22.5. The summed E-state index contributed by atoms with van der Waals surface area (Å²) in [6, 6.07) is 9.84. The zero-order valence-corrected chi connectivity index (χ0v) is 13.2. The largest absolute Gasteiger partial charge is 0.396 e. The van der Waals surface area contributed by atoms with Crippen molar-refractivity contribution < 1.29 is 9.63 Å². The number of benzene rings is 1. The number of rotatable bonds is 5. The van der Waals surface area contributed by atoms with Gasteiger partial charge in [-0.3, -0.25) is 4.90 Å². The third kappa shape index (κ3) is 2.91. The highest BCUT2D eigenvalue weighted by Crippen LogP contribution is 2.37. The van der Waals surface area contributed by atoms with E-state index in [2.05, 4.69) is 28.9 Å². The topological polar surface area (TPSA) is 62.4 Å². The van der Waals surface area contributed by atoms with E-state index in [0.29, 0.717) is 24.2 Å². The summed E-state index contributed by atoms with van der Waals surface area (Å²) in [7, 11) is 0. The molecule has 1 unspecified atom stereocenters. The van der Waals surface area contributed by atoms with E-state index < -0.39 is 0 Å². The minimum Gasteiger partial charge on any atom is -0.396 e. The van der Waals surface area contributed by atoms with Crippen LogP contribution >= 0.6 is 0 Å². The van der Waals surface area contributed by atoms with E-state index >= 15 is 0 Å². The van der Waals surface area contributed by atoms with Crippen molar-refractivity contribution in [3.8, 4) is 11.4 Å². The van der Waals surface area contributed by atoms with Crippen LogP contribution in [0.25, 0.3) is 11.4 Å². The fraction of sp³-hybridized carbons (Fsp3) is 0.529. The van der Waals surface area contributed by atoms with E-state index in [1.54, 1.807) is 0 Å². The molecule has 0 spiro atoms. The van der Waals surface area contributed by atoms with Gasteiger partial charge in [-0.15, -0.1) is 0 Å². The van der Waals surface area contributed by atoms with Gasteiger partial charge in [0.2, 0.25) is 11.7 Å². The molecule has 0 amide bonds. The third-order valence-electron chi connectivity index (χ3n) is 4.86. The van der Waals surface area contributed by atoms with E-state index in [-0.39, 0.29) is 12.0 Å². The summed E-state index contributed by atoms with van der Waals surface area (Å²) < 4.78 is 5.38. The highest BCUT2D eigenvalue weighted by molar-refractivity contribution is 5.53. The summed E-state index contributed by atoms with van der Waals surface area (Å²) in [4.78, 5) is 6.77. The van der Waals surface area contributed by atoms with E-state index in [1.807, 2.05) is 30.3 Å². The van der Waals surface area contributed by atoms with Crippen molar-refractivity contribution in [1.29, 1.82) is 0 Å². The molecular formula is C17H23N3O2. The first-order valence-corrected chi connectivity index (χ1v) is 7.84. The Morgan fingerprint density at radius 3 is 2.73 bits per heavy atom. The number of likely N-dealkylation sites (tertiary alicyclic amines) is 1. The Hall–Kier alpha value is -1.72. The SMILES string of the molecule is CC(C)C1(CO)CCN(Cc2nc(-c3ccccc3)no2)C1. The lowest BCUT2D eigenvalue weighted by Crippen LogP contribution is -2.35. The first-order valence-electron chi connectivity index (χ1n) is 7.84. The van der Waals surface area contributed by atoms with E-state index in [1.165, 1.54) is 0 Å². The summed E-state index contributed by atoms with van der Waals surface area (Å²) in [6.45, 7) is 7.08. The highest BCUT2D eigenvalue weighted by atomic mass is 16.5. The first-order chi connectivity index (χ1) is 10.6. The molecule has 1 saturated heterocycles. The van der Waals surface area contributed by atoms with Crippen molar-refractivity contribution in [2.45, 2.75) is 26.8 Å². The van der Waals surface area contributed by atoms with Crippen LogP contribution in [0.2, 0.25) is 0 Å². The molecule has 5 heteroatoms. The van der Waals surface area contributed by atoms with Crippen LogP contribution in [0.15, 0.2) is 34.9 Å². The van der Waals surface area contributed by atoms with Crippen molar-refractivity contribution in [3.63, 3.8) is 0 Å². The maximum absolute atomic E-state index is 9.75. The molecule has 22 heavy (non-hydrogen) atoms. The quantitative estimate of drug-likeness (QED) is 0.919. The molecule has 1 N–H and O–H groups in total. The first kappa shape index (κ1) is 15.2. The Kier molecular flexibility index (Phi) is 4.27. The number of aromatic nitrogens is 2. The van der Waals surface area contributed by atoms with Crippen molar-refractivity contribution in [2.24, 2.45) is 11.3 Å². The van der Waals surface area contributed by atoms with Crippen molar-refractivity contribution in [1.82, 2.24) is 15.0 Å². The lowest BCUT2D eigenvalue weighted by molar-refractivity contribution is 0.0804. The lowest BCUT2D eigenvalue weighted by atomic mass is 9.77. The summed E-state index contributed by atoms with van der Waals surface area (Å²) >= 11 is 0. The minimum atomic E-state index is 0.00226. The lowest BCUT2D eigenvalue weighted by Gasteiger charge is -2.31. The molecule has 5 nitrogen and oxygen atoms in total. The monoisotopic (exact) mass is 301 g/mol. The predicted molar refractivity (Wildman–Crippen MR) is 84.0 cm³/mol.